The van der Waals surface area contributed by atoms with E-state index in [1.807, 2.05) is 12.1 Å². The highest BCUT2D eigenvalue weighted by atomic mass is 15.2. The number of anilines is 1. The van der Waals surface area contributed by atoms with E-state index in [-0.39, 0.29) is 0 Å². The van der Waals surface area contributed by atoms with Crippen LogP contribution in [0.2, 0.25) is 0 Å². The summed E-state index contributed by atoms with van der Waals surface area (Å²) >= 11 is 0. The molecule has 0 aromatic carbocycles. The lowest BCUT2D eigenvalue weighted by molar-refractivity contribution is 0.334. The van der Waals surface area contributed by atoms with Crippen molar-refractivity contribution in [2.45, 2.75) is 32.2 Å². The van der Waals surface area contributed by atoms with Gasteiger partial charge in [-0.2, -0.15) is 5.26 Å². The summed E-state index contributed by atoms with van der Waals surface area (Å²) in [6.45, 7) is 3.92. The Labute approximate surface area is 108 Å². The van der Waals surface area contributed by atoms with Crippen LogP contribution >= 0.6 is 0 Å². The molecule has 2 N–H and O–H groups in total. The number of nitrogens with two attached hydrogens (primary N) is 1. The molecule has 4 nitrogen and oxygen atoms in total. The van der Waals surface area contributed by atoms with Gasteiger partial charge < -0.3 is 10.6 Å². The maximum Gasteiger partial charge on any atom is 0.128 e. The smallest absolute Gasteiger partial charge is 0.128 e. The number of pyridine rings is 1. The minimum Gasteiger partial charge on any atom is -0.352 e. The number of hydrogen-bond donors (Lipinski definition) is 1. The molecule has 0 amide bonds. The summed E-state index contributed by atoms with van der Waals surface area (Å²) in [5.74, 6) is 1.73. The Hall–Kier alpha value is -1.60. The number of nitriles is 1. The molecule has 0 aliphatic carbocycles. The highest BCUT2D eigenvalue weighted by Gasteiger charge is 2.27. The largest absolute Gasteiger partial charge is 0.352 e. The fraction of sp³-hybridized carbons (Fsp3) is 0.571. The first-order chi connectivity index (χ1) is 8.78. The van der Waals surface area contributed by atoms with Crippen LogP contribution in [0.15, 0.2) is 18.3 Å². The van der Waals surface area contributed by atoms with E-state index in [1.165, 1.54) is 12.8 Å². The maximum atomic E-state index is 8.78. The summed E-state index contributed by atoms with van der Waals surface area (Å²) < 4.78 is 0. The van der Waals surface area contributed by atoms with E-state index in [0.717, 1.165) is 24.7 Å². The van der Waals surface area contributed by atoms with E-state index in [0.29, 0.717) is 18.2 Å². The predicted octanol–water partition coefficient (Wildman–Crippen LogP) is 1.91. The van der Waals surface area contributed by atoms with Crippen molar-refractivity contribution in [1.82, 2.24) is 4.98 Å². The molecular weight excluding hydrogens is 224 g/mol. The third-order valence-electron chi connectivity index (χ3n) is 3.85. The summed E-state index contributed by atoms with van der Waals surface area (Å²) in [5.41, 5.74) is 6.49. The van der Waals surface area contributed by atoms with Gasteiger partial charge in [-0.05, 0) is 30.9 Å². The second kappa shape index (κ2) is 5.83. The lowest BCUT2D eigenvalue weighted by atomic mass is 9.89. The van der Waals surface area contributed by atoms with Crippen molar-refractivity contribution in [2.75, 3.05) is 18.0 Å². The zero-order valence-electron chi connectivity index (χ0n) is 10.8. The lowest BCUT2D eigenvalue weighted by Gasteiger charge is -2.39. The monoisotopic (exact) mass is 244 g/mol. The van der Waals surface area contributed by atoms with Gasteiger partial charge in [0.25, 0.3) is 0 Å². The Bertz CT molecular complexity index is 420. The second-order valence-electron chi connectivity index (χ2n) is 4.90. The van der Waals surface area contributed by atoms with Crippen LogP contribution in [0.3, 0.4) is 0 Å². The van der Waals surface area contributed by atoms with Gasteiger partial charge in [-0.1, -0.05) is 13.3 Å². The number of nitrogens with zero attached hydrogens (tertiary/aromatic N) is 3. The Morgan fingerprint density at radius 2 is 2.39 bits per heavy atom. The Kier molecular flexibility index (Phi) is 4.16. The summed E-state index contributed by atoms with van der Waals surface area (Å²) in [6, 6.07) is 6.22. The number of aromatic nitrogens is 1. The molecule has 4 heteroatoms. The molecule has 1 saturated heterocycles. The van der Waals surface area contributed by atoms with Crippen molar-refractivity contribution >= 4 is 5.82 Å². The summed E-state index contributed by atoms with van der Waals surface area (Å²) in [6.07, 6.45) is 5.21. The van der Waals surface area contributed by atoms with Crippen LogP contribution in [-0.4, -0.2) is 24.1 Å². The Morgan fingerprint density at radius 3 is 2.94 bits per heavy atom. The molecule has 1 fully saturated rings. The third-order valence-corrected chi connectivity index (χ3v) is 3.85. The van der Waals surface area contributed by atoms with Crippen LogP contribution in [0.4, 0.5) is 5.82 Å². The van der Waals surface area contributed by atoms with E-state index in [4.69, 9.17) is 11.0 Å². The average molecular weight is 244 g/mol. The molecular formula is C14H20N4. The van der Waals surface area contributed by atoms with Crippen LogP contribution in [0, 0.1) is 17.2 Å². The highest BCUT2D eigenvalue weighted by Crippen LogP contribution is 2.28. The molecule has 96 valence electrons. The van der Waals surface area contributed by atoms with Crippen molar-refractivity contribution in [3.63, 3.8) is 0 Å². The SMILES string of the molecule is CCC1CCN(c2ccc(C#N)cn2)C(CN)C1. The molecule has 2 atom stereocenters. The van der Waals surface area contributed by atoms with Crippen molar-refractivity contribution in [2.24, 2.45) is 11.7 Å². The summed E-state index contributed by atoms with van der Waals surface area (Å²) in [4.78, 5) is 6.66. The molecule has 2 heterocycles. The van der Waals surface area contributed by atoms with E-state index in [1.54, 1.807) is 6.20 Å². The predicted molar refractivity (Wildman–Crippen MR) is 72.2 cm³/mol. The average Bonchev–Trinajstić information content (AvgIpc) is 2.46. The minimum absolute atomic E-state index is 0.379. The van der Waals surface area contributed by atoms with Crippen LogP contribution in [0.1, 0.15) is 31.7 Å². The first kappa shape index (κ1) is 12.8. The zero-order chi connectivity index (χ0) is 13.0. The van der Waals surface area contributed by atoms with Gasteiger partial charge in [0.2, 0.25) is 0 Å². The molecule has 1 aromatic rings. The van der Waals surface area contributed by atoms with Crippen molar-refractivity contribution in [3.8, 4) is 6.07 Å². The molecule has 0 bridgehead atoms. The molecule has 18 heavy (non-hydrogen) atoms. The molecule has 2 unspecified atom stereocenters. The molecule has 0 spiro atoms. The number of piperidine rings is 1. The van der Waals surface area contributed by atoms with Crippen LogP contribution < -0.4 is 10.6 Å². The fourth-order valence-electron chi connectivity index (χ4n) is 2.65. The highest BCUT2D eigenvalue weighted by molar-refractivity contribution is 5.43. The third kappa shape index (κ3) is 2.62. The van der Waals surface area contributed by atoms with Gasteiger partial charge in [-0.15, -0.1) is 0 Å². The van der Waals surface area contributed by atoms with E-state index >= 15 is 0 Å². The standard InChI is InChI=1S/C14H20N4/c1-2-11-5-6-18(13(7-11)9-16)14-4-3-12(8-15)10-17-14/h3-4,10-11,13H,2,5-7,9,16H2,1H3. The quantitative estimate of drug-likeness (QED) is 0.882. The topological polar surface area (TPSA) is 65.9 Å². The first-order valence-electron chi connectivity index (χ1n) is 6.61. The van der Waals surface area contributed by atoms with Gasteiger partial charge in [0.15, 0.2) is 0 Å². The Balaban J connectivity index is 2.13. The normalized spacial score (nSPS) is 23.7. The van der Waals surface area contributed by atoms with Gasteiger partial charge in [-0.25, -0.2) is 4.98 Å². The van der Waals surface area contributed by atoms with Crippen LogP contribution in [0.5, 0.6) is 0 Å². The van der Waals surface area contributed by atoms with Crippen molar-refractivity contribution < 1.29 is 0 Å². The number of hydrogen-bond acceptors (Lipinski definition) is 4. The zero-order valence-corrected chi connectivity index (χ0v) is 10.8. The summed E-state index contributed by atoms with van der Waals surface area (Å²) in [7, 11) is 0. The Morgan fingerprint density at radius 1 is 1.56 bits per heavy atom. The van der Waals surface area contributed by atoms with Crippen LogP contribution in [0.25, 0.3) is 0 Å². The molecule has 0 saturated carbocycles. The van der Waals surface area contributed by atoms with Gasteiger partial charge in [0.05, 0.1) is 5.56 Å². The maximum absolute atomic E-state index is 8.78. The summed E-state index contributed by atoms with van der Waals surface area (Å²) in [5, 5.41) is 8.78. The first-order valence-corrected chi connectivity index (χ1v) is 6.61. The number of rotatable bonds is 3. The van der Waals surface area contributed by atoms with E-state index in [2.05, 4.69) is 22.9 Å². The molecule has 1 aliphatic heterocycles. The van der Waals surface area contributed by atoms with Gasteiger partial charge in [-0.3, -0.25) is 0 Å². The van der Waals surface area contributed by atoms with Crippen molar-refractivity contribution in [1.29, 1.82) is 5.26 Å². The van der Waals surface area contributed by atoms with Gasteiger partial charge >= 0.3 is 0 Å². The van der Waals surface area contributed by atoms with E-state index < -0.39 is 0 Å². The van der Waals surface area contributed by atoms with Gasteiger partial charge in [0.1, 0.15) is 11.9 Å². The van der Waals surface area contributed by atoms with Crippen molar-refractivity contribution in [3.05, 3.63) is 23.9 Å². The van der Waals surface area contributed by atoms with E-state index in [9.17, 15) is 0 Å². The second-order valence-corrected chi connectivity index (χ2v) is 4.90. The van der Waals surface area contributed by atoms with Crippen LogP contribution in [-0.2, 0) is 0 Å². The molecule has 2 rings (SSSR count). The molecule has 0 radical (unpaired) electrons. The minimum atomic E-state index is 0.379. The fourth-order valence-corrected chi connectivity index (χ4v) is 2.65. The molecule has 1 aromatic heterocycles. The molecule has 1 aliphatic rings. The lowest BCUT2D eigenvalue weighted by Crippen LogP contribution is -2.47. The van der Waals surface area contributed by atoms with Gasteiger partial charge in [0, 0.05) is 25.3 Å².